The van der Waals surface area contributed by atoms with Crippen LogP contribution in [0, 0.1) is 0 Å². The van der Waals surface area contributed by atoms with Gasteiger partial charge in [0.1, 0.15) is 5.75 Å². The molecule has 3 N–H and O–H groups in total. The van der Waals surface area contributed by atoms with Crippen LogP contribution in [-0.2, 0) is 26.0 Å². The minimum Gasteiger partial charge on any atom is -0.497 e. The summed E-state index contributed by atoms with van der Waals surface area (Å²) in [6.45, 7) is 1.39. The molecule has 0 bridgehead atoms. The zero-order valence-corrected chi connectivity index (χ0v) is 16.5. The van der Waals surface area contributed by atoms with E-state index in [1.807, 2.05) is 24.3 Å². The normalized spacial score (nSPS) is 10.9. The maximum absolute atomic E-state index is 12.2. The molecule has 8 nitrogen and oxygen atoms in total. The second kappa shape index (κ2) is 9.86. The number of ether oxygens (including phenoxy) is 1. The number of hydrogen-bond donors (Lipinski definition) is 3. The van der Waals surface area contributed by atoms with E-state index in [2.05, 4.69) is 15.4 Å². The quantitative estimate of drug-likeness (QED) is 0.582. The van der Waals surface area contributed by atoms with E-state index in [0.29, 0.717) is 18.7 Å². The molecule has 0 radical (unpaired) electrons. The van der Waals surface area contributed by atoms with Gasteiger partial charge in [-0.2, -0.15) is 0 Å². The van der Waals surface area contributed by atoms with Gasteiger partial charge in [0.25, 0.3) is 0 Å². The summed E-state index contributed by atoms with van der Waals surface area (Å²) < 4.78 is 31.8. The minimum absolute atomic E-state index is 0.00707. The molecule has 2 amide bonds. The molecule has 2 aromatic rings. The van der Waals surface area contributed by atoms with Crippen LogP contribution in [-0.4, -0.2) is 40.4 Å². The highest BCUT2D eigenvalue weighted by atomic mass is 32.2. The number of anilines is 1. The van der Waals surface area contributed by atoms with Crippen LogP contribution in [0.15, 0.2) is 53.4 Å². The number of rotatable bonds is 9. The van der Waals surface area contributed by atoms with Crippen molar-refractivity contribution in [2.24, 2.45) is 0 Å². The number of methoxy groups -OCH3 is 1. The molecule has 150 valence electrons. The Hall–Kier alpha value is -2.91. The summed E-state index contributed by atoms with van der Waals surface area (Å²) in [4.78, 5) is 22.9. The lowest BCUT2D eigenvalue weighted by Gasteiger charge is -2.09. The van der Waals surface area contributed by atoms with Crippen LogP contribution in [0.1, 0.15) is 12.5 Å². The van der Waals surface area contributed by atoms with Crippen LogP contribution in [0.25, 0.3) is 0 Å². The topological polar surface area (TPSA) is 114 Å². The molecular formula is C19H23N3O5S. The lowest BCUT2D eigenvalue weighted by Crippen LogP contribution is -2.37. The van der Waals surface area contributed by atoms with Gasteiger partial charge in [-0.05, 0) is 48.4 Å². The fourth-order valence-electron chi connectivity index (χ4n) is 2.37. The first-order valence-electron chi connectivity index (χ1n) is 8.57. The first-order valence-corrected chi connectivity index (χ1v) is 10.1. The monoisotopic (exact) mass is 405 g/mol. The van der Waals surface area contributed by atoms with Crippen molar-refractivity contribution < 1.29 is 22.7 Å². The zero-order chi connectivity index (χ0) is 20.6. The number of sulfonamides is 1. The Morgan fingerprint density at radius 1 is 1.00 bits per heavy atom. The summed E-state index contributed by atoms with van der Waals surface area (Å²) in [6.07, 6.45) is 0.618. The largest absolute Gasteiger partial charge is 0.497 e. The lowest BCUT2D eigenvalue weighted by molar-refractivity contribution is -0.120. The van der Waals surface area contributed by atoms with Crippen LogP contribution < -0.4 is 20.1 Å². The van der Waals surface area contributed by atoms with E-state index < -0.39 is 15.9 Å². The van der Waals surface area contributed by atoms with Gasteiger partial charge in [0.2, 0.25) is 21.8 Å². The van der Waals surface area contributed by atoms with Crippen molar-refractivity contribution in [3.05, 3.63) is 54.1 Å². The lowest BCUT2D eigenvalue weighted by atomic mass is 10.1. The van der Waals surface area contributed by atoms with E-state index in [-0.39, 0.29) is 17.3 Å². The predicted molar refractivity (Wildman–Crippen MR) is 106 cm³/mol. The number of benzene rings is 2. The Labute approximate surface area is 164 Å². The Morgan fingerprint density at radius 2 is 1.64 bits per heavy atom. The molecule has 0 spiro atoms. The highest BCUT2D eigenvalue weighted by Gasteiger charge is 2.15. The molecule has 0 aliphatic heterocycles. The van der Waals surface area contributed by atoms with Crippen molar-refractivity contribution in [2.45, 2.75) is 18.2 Å². The van der Waals surface area contributed by atoms with Crippen LogP contribution in [0.4, 0.5) is 5.69 Å². The average molecular weight is 405 g/mol. The summed E-state index contributed by atoms with van der Waals surface area (Å²) >= 11 is 0. The summed E-state index contributed by atoms with van der Waals surface area (Å²) in [5.74, 6) is 0.0827. The van der Waals surface area contributed by atoms with E-state index >= 15 is 0 Å². The van der Waals surface area contributed by atoms with Crippen molar-refractivity contribution >= 4 is 27.5 Å². The molecule has 0 fully saturated rings. The SMILES string of the molecule is COc1ccc(CCNC(=O)CNS(=O)(=O)c2ccc(NC(C)=O)cc2)cc1. The fourth-order valence-corrected chi connectivity index (χ4v) is 3.35. The van der Waals surface area contributed by atoms with E-state index in [1.165, 1.54) is 31.2 Å². The van der Waals surface area contributed by atoms with Crippen LogP contribution in [0.3, 0.4) is 0 Å². The maximum atomic E-state index is 12.2. The van der Waals surface area contributed by atoms with Gasteiger partial charge >= 0.3 is 0 Å². The Balaban J connectivity index is 1.79. The van der Waals surface area contributed by atoms with Gasteiger partial charge in [0.05, 0.1) is 18.6 Å². The van der Waals surface area contributed by atoms with Crippen LogP contribution in [0.2, 0.25) is 0 Å². The number of nitrogens with one attached hydrogen (secondary N) is 3. The van der Waals surface area contributed by atoms with E-state index in [1.54, 1.807) is 7.11 Å². The molecular weight excluding hydrogens is 382 g/mol. The van der Waals surface area contributed by atoms with Gasteiger partial charge in [-0.15, -0.1) is 0 Å². The summed E-state index contributed by atoms with van der Waals surface area (Å²) in [5.41, 5.74) is 1.52. The highest BCUT2D eigenvalue weighted by Crippen LogP contribution is 2.14. The zero-order valence-electron chi connectivity index (χ0n) is 15.7. The fraction of sp³-hybridized carbons (Fsp3) is 0.263. The number of amides is 2. The molecule has 0 aliphatic carbocycles. The molecule has 0 unspecified atom stereocenters. The second-order valence-electron chi connectivity index (χ2n) is 5.98. The third-order valence-corrected chi connectivity index (χ3v) is 5.22. The van der Waals surface area contributed by atoms with Crippen molar-refractivity contribution in [1.29, 1.82) is 0 Å². The number of carbonyl (C=O) groups excluding carboxylic acids is 2. The molecule has 0 saturated carbocycles. The molecule has 0 aliphatic rings. The van der Waals surface area contributed by atoms with Crippen molar-refractivity contribution in [2.75, 3.05) is 25.5 Å². The molecule has 0 atom stereocenters. The Kier molecular flexibility index (Phi) is 7.53. The van der Waals surface area contributed by atoms with Gasteiger partial charge < -0.3 is 15.4 Å². The van der Waals surface area contributed by atoms with Gasteiger partial charge in [0, 0.05) is 19.2 Å². The van der Waals surface area contributed by atoms with E-state index in [4.69, 9.17) is 4.74 Å². The molecule has 2 aromatic carbocycles. The van der Waals surface area contributed by atoms with Crippen LogP contribution >= 0.6 is 0 Å². The molecule has 9 heteroatoms. The minimum atomic E-state index is -3.82. The van der Waals surface area contributed by atoms with Gasteiger partial charge in [-0.1, -0.05) is 12.1 Å². The first-order chi connectivity index (χ1) is 13.3. The third kappa shape index (κ3) is 6.67. The standard InChI is InChI=1S/C19H23N3O5S/c1-14(23)22-16-5-9-18(10-6-16)28(25,26)21-13-19(24)20-12-11-15-3-7-17(27-2)8-4-15/h3-10,21H,11-13H2,1-2H3,(H,20,24)(H,22,23). The van der Waals surface area contributed by atoms with Crippen molar-refractivity contribution in [1.82, 2.24) is 10.0 Å². The van der Waals surface area contributed by atoms with Gasteiger partial charge in [0.15, 0.2) is 0 Å². The van der Waals surface area contributed by atoms with Gasteiger partial charge in [-0.25, -0.2) is 13.1 Å². The third-order valence-electron chi connectivity index (χ3n) is 3.80. The number of hydrogen-bond acceptors (Lipinski definition) is 5. The smallest absolute Gasteiger partial charge is 0.241 e. The van der Waals surface area contributed by atoms with Crippen LogP contribution in [0.5, 0.6) is 5.75 Å². The summed E-state index contributed by atoms with van der Waals surface area (Å²) in [6, 6.07) is 13.1. The summed E-state index contributed by atoms with van der Waals surface area (Å²) in [5, 5.41) is 5.22. The maximum Gasteiger partial charge on any atom is 0.241 e. The Morgan fingerprint density at radius 3 is 2.21 bits per heavy atom. The first kappa shape index (κ1) is 21.4. The average Bonchev–Trinajstić information content (AvgIpc) is 2.67. The predicted octanol–water partition coefficient (Wildman–Crippen LogP) is 1.29. The number of carbonyl (C=O) groups is 2. The molecule has 0 saturated heterocycles. The van der Waals surface area contributed by atoms with Crippen molar-refractivity contribution in [3.63, 3.8) is 0 Å². The second-order valence-corrected chi connectivity index (χ2v) is 7.75. The highest BCUT2D eigenvalue weighted by molar-refractivity contribution is 7.89. The van der Waals surface area contributed by atoms with E-state index in [0.717, 1.165) is 11.3 Å². The molecule has 2 rings (SSSR count). The van der Waals surface area contributed by atoms with Crippen molar-refractivity contribution in [3.8, 4) is 5.75 Å². The Bertz CT molecular complexity index is 910. The molecule has 0 heterocycles. The van der Waals surface area contributed by atoms with Gasteiger partial charge in [-0.3, -0.25) is 9.59 Å². The van der Waals surface area contributed by atoms with E-state index in [9.17, 15) is 18.0 Å². The summed E-state index contributed by atoms with van der Waals surface area (Å²) in [7, 11) is -2.23. The molecule has 0 aromatic heterocycles. The molecule has 28 heavy (non-hydrogen) atoms.